The van der Waals surface area contributed by atoms with Gasteiger partial charge < -0.3 is 20.7 Å². The topological polar surface area (TPSA) is 111 Å². The first kappa shape index (κ1) is 18.2. The number of para-hydroxylation sites is 1. The predicted molar refractivity (Wildman–Crippen MR) is 104 cm³/mol. The molecule has 4 N–H and O–H groups in total. The predicted octanol–water partition coefficient (Wildman–Crippen LogP) is 2.24. The van der Waals surface area contributed by atoms with E-state index in [1.165, 1.54) is 12.1 Å². The van der Waals surface area contributed by atoms with Gasteiger partial charge in [-0.1, -0.05) is 24.3 Å². The number of anilines is 1. The number of hydrogen-bond donors (Lipinski definition) is 4. The van der Waals surface area contributed by atoms with Crippen molar-refractivity contribution >= 4 is 28.5 Å². The van der Waals surface area contributed by atoms with Crippen LogP contribution in [-0.4, -0.2) is 35.6 Å². The number of aromatic amines is 1. The highest BCUT2D eigenvalue weighted by molar-refractivity contribution is 5.99. The highest BCUT2D eigenvalue weighted by Gasteiger charge is 2.12. The zero-order valence-electron chi connectivity index (χ0n) is 14.7. The van der Waals surface area contributed by atoms with Gasteiger partial charge in [0.15, 0.2) is 0 Å². The number of amides is 1. The zero-order valence-corrected chi connectivity index (χ0v) is 14.7. The maximum Gasteiger partial charge on any atom is 0.335 e. The summed E-state index contributed by atoms with van der Waals surface area (Å²) < 4.78 is 0. The Morgan fingerprint density at radius 2 is 1.85 bits per heavy atom. The monoisotopic (exact) mass is 365 g/mol. The highest BCUT2D eigenvalue weighted by atomic mass is 16.4. The number of pyridine rings is 1. The summed E-state index contributed by atoms with van der Waals surface area (Å²) in [5.41, 5.74) is 2.14. The Morgan fingerprint density at radius 3 is 2.52 bits per heavy atom. The van der Waals surface area contributed by atoms with E-state index in [-0.39, 0.29) is 11.1 Å². The number of aromatic carboxylic acids is 1. The minimum atomic E-state index is -0.980. The van der Waals surface area contributed by atoms with Crippen LogP contribution in [0.25, 0.3) is 10.9 Å². The molecule has 7 nitrogen and oxygen atoms in total. The van der Waals surface area contributed by atoms with Gasteiger partial charge in [0.05, 0.1) is 16.8 Å². The second-order valence-electron chi connectivity index (χ2n) is 6.04. The minimum absolute atomic E-state index is 0.0528. The SMILES string of the molecule is CNc1cccc2cc(C(=O)NCCc3ccc(C(=O)O)cc3)c(=O)[nH]c12. The number of rotatable bonds is 6. The molecule has 0 aliphatic rings. The van der Waals surface area contributed by atoms with Crippen molar-refractivity contribution in [3.05, 3.63) is 75.6 Å². The van der Waals surface area contributed by atoms with E-state index in [1.54, 1.807) is 25.2 Å². The third-order valence-corrected chi connectivity index (χ3v) is 4.29. The first-order chi connectivity index (χ1) is 13.0. The Balaban J connectivity index is 1.70. The van der Waals surface area contributed by atoms with Crippen molar-refractivity contribution in [3.63, 3.8) is 0 Å². The van der Waals surface area contributed by atoms with Crippen LogP contribution in [0.1, 0.15) is 26.3 Å². The molecular weight excluding hydrogens is 346 g/mol. The average molecular weight is 365 g/mol. The maximum atomic E-state index is 12.4. The number of carbonyl (C=O) groups is 2. The molecular formula is C20H19N3O4. The molecule has 0 saturated heterocycles. The Kier molecular flexibility index (Phi) is 5.21. The fraction of sp³-hybridized carbons (Fsp3) is 0.150. The standard InChI is InChI=1S/C20H19N3O4/c1-21-16-4-2-3-14-11-15(19(25)23-17(14)16)18(24)22-10-9-12-5-7-13(8-6-12)20(26)27/h2-8,11,21H,9-10H2,1H3,(H,22,24)(H,23,25)(H,26,27). The lowest BCUT2D eigenvalue weighted by atomic mass is 10.1. The largest absolute Gasteiger partial charge is 0.478 e. The van der Waals surface area contributed by atoms with Gasteiger partial charge in [-0.3, -0.25) is 9.59 Å². The molecule has 0 saturated carbocycles. The molecule has 0 radical (unpaired) electrons. The van der Waals surface area contributed by atoms with Crippen LogP contribution in [0.2, 0.25) is 0 Å². The summed E-state index contributed by atoms with van der Waals surface area (Å²) >= 11 is 0. The molecule has 7 heteroatoms. The molecule has 138 valence electrons. The molecule has 0 unspecified atom stereocenters. The van der Waals surface area contributed by atoms with Crippen LogP contribution < -0.4 is 16.2 Å². The summed E-state index contributed by atoms with van der Waals surface area (Å²) in [6, 6.07) is 13.5. The number of H-pyrrole nitrogens is 1. The Hall–Kier alpha value is -3.61. The lowest BCUT2D eigenvalue weighted by Gasteiger charge is -2.08. The summed E-state index contributed by atoms with van der Waals surface area (Å²) in [5.74, 6) is -1.43. The van der Waals surface area contributed by atoms with Crippen LogP contribution in [0.5, 0.6) is 0 Å². The van der Waals surface area contributed by atoms with Gasteiger partial charge in [-0.25, -0.2) is 4.79 Å². The quantitative estimate of drug-likeness (QED) is 0.535. The number of carbonyl (C=O) groups excluding carboxylic acids is 1. The molecule has 1 amide bonds. The van der Waals surface area contributed by atoms with Crippen LogP contribution in [0.15, 0.2) is 53.3 Å². The normalized spacial score (nSPS) is 10.6. The summed E-state index contributed by atoms with van der Waals surface area (Å²) in [7, 11) is 1.76. The second kappa shape index (κ2) is 7.74. The van der Waals surface area contributed by atoms with Crippen LogP contribution in [0, 0.1) is 0 Å². The molecule has 0 bridgehead atoms. The average Bonchev–Trinajstić information content (AvgIpc) is 2.67. The highest BCUT2D eigenvalue weighted by Crippen LogP contribution is 2.20. The van der Waals surface area contributed by atoms with Gasteiger partial charge in [0.1, 0.15) is 5.56 Å². The third kappa shape index (κ3) is 3.98. The van der Waals surface area contributed by atoms with Crippen molar-refractivity contribution in [1.29, 1.82) is 0 Å². The summed E-state index contributed by atoms with van der Waals surface area (Å²) in [6.07, 6.45) is 0.529. The zero-order chi connectivity index (χ0) is 19.4. The van der Waals surface area contributed by atoms with Crippen molar-refractivity contribution in [3.8, 4) is 0 Å². The van der Waals surface area contributed by atoms with Gasteiger partial charge in [0.25, 0.3) is 11.5 Å². The van der Waals surface area contributed by atoms with Crippen molar-refractivity contribution in [2.24, 2.45) is 0 Å². The number of benzene rings is 2. The van der Waals surface area contributed by atoms with Gasteiger partial charge in [0.2, 0.25) is 0 Å². The van der Waals surface area contributed by atoms with E-state index in [0.717, 1.165) is 16.6 Å². The molecule has 1 aromatic heterocycles. The third-order valence-electron chi connectivity index (χ3n) is 4.29. The van der Waals surface area contributed by atoms with E-state index < -0.39 is 17.4 Å². The number of nitrogens with one attached hydrogen (secondary N) is 3. The molecule has 0 spiro atoms. The van der Waals surface area contributed by atoms with E-state index in [1.807, 2.05) is 18.2 Å². The maximum absolute atomic E-state index is 12.4. The molecule has 1 heterocycles. The molecule has 27 heavy (non-hydrogen) atoms. The van der Waals surface area contributed by atoms with Gasteiger partial charge in [-0.2, -0.15) is 0 Å². The number of fused-ring (bicyclic) bond motifs is 1. The fourth-order valence-corrected chi connectivity index (χ4v) is 2.84. The lowest BCUT2D eigenvalue weighted by Crippen LogP contribution is -2.31. The second-order valence-corrected chi connectivity index (χ2v) is 6.04. The molecule has 0 aliphatic carbocycles. The first-order valence-electron chi connectivity index (χ1n) is 8.44. The fourth-order valence-electron chi connectivity index (χ4n) is 2.84. The Morgan fingerprint density at radius 1 is 1.11 bits per heavy atom. The molecule has 3 rings (SSSR count). The van der Waals surface area contributed by atoms with Gasteiger partial charge in [-0.05, 0) is 36.2 Å². The summed E-state index contributed by atoms with van der Waals surface area (Å²) in [4.78, 5) is 38.2. The van der Waals surface area contributed by atoms with E-state index in [4.69, 9.17) is 5.11 Å². The number of carboxylic acids is 1. The lowest BCUT2D eigenvalue weighted by molar-refractivity contribution is 0.0696. The van der Waals surface area contributed by atoms with E-state index in [0.29, 0.717) is 18.5 Å². The van der Waals surface area contributed by atoms with Crippen molar-refractivity contribution in [2.45, 2.75) is 6.42 Å². The molecule has 0 atom stereocenters. The molecule has 0 fully saturated rings. The van der Waals surface area contributed by atoms with Crippen molar-refractivity contribution < 1.29 is 14.7 Å². The van der Waals surface area contributed by atoms with Gasteiger partial charge >= 0.3 is 5.97 Å². The van der Waals surface area contributed by atoms with Crippen LogP contribution in [0.3, 0.4) is 0 Å². The van der Waals surface area contributed by atoms with Crippen molar-refractivity contribution in [1.82, 2.24) is 10.3 Å². The molecule has 3 aromatic rings. The van der Waals surface area contributed by atoms with Gasteiger partial charge in [-0.15, -0.1) is 0 Å². The Labute approximate surface area is 155 Å². The smallest absolute Gasteiger partial charge is 0.335 e. The Bertz CT molecular complexity index is 1060. The van der Waals surface area contributed by atoms with Crippen molar-refractivity contribution in [2.75, 3.05) is 18.9 Å². The van der Waals surface area contributed by atoms with E-state index in [2.05, 4.69) is 15.6 Å². The summed E-state index contributed by atoms with van der Waals surface area (Å²) in [6.45, 7) is 0.333. The molecule has 0 aliphatic heterocycles. The van der Waals surface area contributed by atoms with Crippen LogP contribution in [0.4, 0.5) is 5.69 Å². The first-order valence-corrected chi connectivity index (χ1v) is 8.44. The van der Waals surface area contributed by atoms with Gasteiger partial charge in [0, 0.05) is 19.0 Å². The van der Waals surface area contributed by atoms with E-state index >= 15 is 0 Å². The molecule has 2 aromatic carbocycles. The van der Waals surface area contributed by atoms with E-state index in [9.17, 15) is 14.4 Å². The minimum Gasteiger partial charge on any atom is -0.478 e. The van der Waals surface area contributed by atoms with Crippen LogP contribution in [-0.2, 0) is 6.42 Å². The number of hydrogen-bond acceptors (Lipinski definition) is 4. The summed E-state index contributed by atoms with van der Waals surface area (Å²) in [5, 5.41) is 15.4. The number of carboxylic acid groups (broad SMARTS) is 1. The number of aromatic nitrogens is 1. The van der Waals surface area contributed by atoms with Crippen LogP contribution >= 0.6 is 0 Å².